The topological polar surface area (TPSA) is 78.4 Å². The van der Waals surface area contributed by atoms with Gasteiger partial charge in [0.05, 0.1) is 0 Å². The van der Waals surface area contributed by atoms with Gasteiger partial charge in [0.15, 0.2) is 0 Å². The van der Waals surface area contributed by atoms with Crippen LogP contribution in [-0.4, -0.2) is 16.9 Å². The van der Waals surface area contributed by atoms with Crippen LogP contribution in [0.1, 0.15) is 0 Å². The first-order valence-electron chi connectivity index (χ1n) is 5.71. The summed E-state index contributed by atoms with van der Waals surface area (Å²) in [6.07, 6.45) is 0. The third-order valence-corrected chi connectivity index (χ3v) is 2.41. The normalized spacial score (nSPS) is 9.85. The highest BCUT2D eigenvalue weighted by molar-refractivity contribution is 6.43. The Morgan fingerprint density at radius 1 is 0.900 bits per heavy atom. The van der Waals surface area contributed by atoms with Crippen molar-refractivity contribution in [3.63, 3.8) is 0 Å². The van der Waals surface area contributed by atoms with Crippen LogP contribution in [0.3, 0.4) is 0 Å². The summed E-state index contributed by atoms with van der Waals surface area (Å²) in [6, 6.07) is 10.9. The number of aromatic hydroxyl groups is 1. The van der Waals surface area contributed by atoms with E-state index in [0.29, 0.717) is 5.69 Å². The lowest BCUT2D eigenvalue weighted by Crippen LogP contribution is -2.29. The largest absolute Gasteiger partial charge is 0.508 e. The average molecular weight is 274 g/mol. The van der Waals surface area contributed by atoms with Crippen molar-refractivity contribution in [2.24, 2.45) is 0 Å². The average Bonchev–Trinajstić information content (AvgIpc) is 2.41. The summed E-state index contributed by atoms with van der Waals surface area (Å²) < 4.78 is 12.9. The monoisotopic (exact) mass is 274 g/mol. The minimum atomic E-state index is -0.913. The highest BCUT2D eigenvalue weighted by atomic mass is 19.1. The summed E-state index contributed by atoms with van der Waals surface area (Å²) in [5, 5.41) is 13.7. The number of phenolic OH excluding ortho intramolecular Hbond substituents is 1. The third kappa shape index (κ3) is 3.55. The van der Waals surface area contributed by atoms with Gasteiger partial charge in [0.1, 0.15) is 11.6 Å². The van der Waals surface area contributed by atoms with E-state index >= 15 is 0 Å². The fourth-order valence-electron chi connectivity index (χ4n) is 1.49. The third-order valence-electron chi connectivity index (χ3n) is 2.41. The molecule has 6 heteroatoms. The smallest absolute Gasteiger partial charge is 0.314 e. The van der Waals surface area contributed by atoms with Crippen LogP contribution in [0.2, 0.25) is 0 Å². The van der Waals surface area contributed by atoms with E-state index in [-0.39, 0.29) is 11.4 Å². The van der Waals surface area contributed by atoms with Crippen LogP contribution in [0.25, 0.3) is 0 Å². The molecule has 2 aromatic rings. The molecule has 2 amide bonds. The molecule has 0 atom stereocenters. The van der Waals surface area contributed by atoms with Crippen molar-refractivity contribution >= 4 is 23.2 Å². The van der Waals surface area contributed by atoms with Crippen LogP contribution >= 0.6 is 0 Å². The van der Waals surface area contributed by atoms with Gasteiger partial charge in [-0.15, -0.1) is 0 Å². The lowest BCUT2D eigenvalue weighted by Gasteiger charge is -2.06. The number of phenols is 1. The van der Waals surface area contributed by atoms with Crippen molar-refractivity contribution < 1.29 is 19.1 Å². The number of anilines is 2. The Kier molecular flexibility index (Phi) is 3.95. The van der Waals surface area contributed by atoms with Gasteiger partial charge < -0.3 is 15.7 Å². The van der Waals surface area contributed by atoms with Gasteiger partial charge in [-0.3, -0.25) is 9.59 Å². The number of halogens is 1. The van der Waals surface area contributed by atoms with Crippen molar-refractivity contribution in [3.05, 3.63) is 54.3 Å². The Morgan fingerprint density at radius 3 is 2.10 bits per heavy atom. The van der Waals surface area contributed by atoms with Crippen molar-refractivity contribution in [1.29, 1.82) is 0 Å². The fraction of sp³-hybridized carbons (Fsp3) is 0. The number of carbonyl (C=O) groups is 2. The molecular weight excluding hydrogens is 263 g/mol. The molecule has 102 valence electrons. The molecule has 0 heterocycles. The van der Waals surface area contributed by atoms with Gasteiger partial charge in [0, 0.05) is 11.4 Å². The highest BCUT2D eigenvalue weighted by Crippen LogP contribution is 2.14. The molecule has 3 N–H and O–H groups in total. The Labute approximate surface area is 114 Å². The quantitative estimate of drug-likeness (QED) is 0.579. The molecule has 20 heavy (non-hydrogen) atoms. The minimum Gasteiger partial charge on any atom is -0.508 e. The first kappa shape index (κ1) is 13.5. The molecule has 0 saturated heterocycles. The summed E-state index contributed by atoms with van der Waals surface area (Å²) in [7, 11) is 0. The molecule has 0 unspecified atom stereocenters. The number of hydrogen-bond donors (Lipinski definition) is 3. The second-order valence-electron chi connectivity index (χ2n) is 3.97. The zero-order valence-electron chi connectivity index (χ0n) is 10.3. The molecular formula is C14H11FN2O3. The Bertz CT molecular complexity index is 641. The van der Waals surface area contributed by atoms with Crippen LogP contribution in [0.5, 0.6) is 5.75 Å². The first-order chi connectivity index (χ1) is 9.54. The maximum Gasteiger partial charge on any atom is 0.314 e. The first-order valence-corrected chi connectivity index (χ1v) is 5.71. The molecule has 0 radical (unpaired) electrons. The van der Waals surface area contributed by atoms with E-state index in [1.54, 1.807) is 0 Å². The number of rotatable bonds is 2. The lowest BCUT2D eigenvalue weighted by molar-refractivity contribution is -0.133. The SMILES string of the molecule is O=C(Nc1ccc(O)cc1)C(=O)Nc1cccc(F)c1. The number of carbonyl (C=O) groups excluding carboxylic acids is 2. The molecule has 5 nitrogen and oxygen atoms in total. The minimum absolute atomic E-state index is 0.0483. The molecule has 0 aliphatic rings. The predicted octanol–water partition coefficient (Wildman–Crippen LogP) is 2.11. The maximum absolute atomic E-state index is 12.9. The van der Waals surface area contributed by atoms with Crippen molar-refractivity contribution in [2.75, 3.05) is 10.6 Å². The van der Waals surface area contributed by atoms with Crippen LogP contribution < -0.4 is 10.6 Å². The number of nitrogens with one attached hydrogen (secondary N) is 2. The molecule has 0 saturated carbocycles. The van der Waals surface area contributed by atoms with E-state index in [0.717, 1.165) is 6.07 Å². The number of hydrogen-bond acceptors (Lipinski definition) is 3. The number of amides is 2. The molecule has 0 fully saturated rings. The second-order valence-corrected chi connectivity index (χ2v) is 3.97. The van der Waals surface area contributed by atoms with E-state index in [1.807, 2.05) is 0 Å². The molecule has 0 bridgehead atoms. The zero-order chi connectivity index (χ0) is 14.5. The molecule has 2 rings (SSSR count). The zero-order valence-corrected chi connectivity index (χ0v) is 10.3. The van der Waals surface area contributed by atoms with Gasteiger partial charge in [-0.1, -0.05) is 6.07 Å². The summed E-state index contributed by atoms with van der Waals surface area (Å²) in [4.78, 5) is 23.2. The van der Waals surface area contributed by atoms with Crippen molar-refractivity contribution in [3.8, 4) is 5.75 Å². The van der Waals surface area contributed by atoms with Crippen LogP contribution in [0.4, 0.5) is 15.8 Å². The summed E-state index contributed by atoms with van der Waals surface area (Å²) >= 11 is 0. The molecule has 0 aliphatic heterocycles. The predicted molar refractivity (Wildman–Crippen MR) is 71.8 cm³/mol. The van der Waals surface area contributed by atoms with Crippen LogP contribution in [0.15, 0.2) is 48.5 Å². The Balaban J connectivity index is 1.98. The summed E-state index contributed by atoms with van der Waals surface area (Å²) in [6.45, 7) is 0. The summed E-state index contributed by atoms with van der Waals surface area (Å²) in [5.41, 5.74) is 0.554. The number of benzene rings is 2. The molecule has 0 spiro atoms. The van der Waals surface area contributed by atoms with Crippen LogP contribution in [0, 0.1) is 5.82 Å². The van der Waals surface area contributed by atoms with E-state index in [4.69, 9.17) is 5.11 Å². The van der Waals surface area contributed by atoms with E-state index in [1.165, 1.54) is 42.5 Å². The Hall–Kier alpha value is -2.89. The maximum atomic E-state index is 12.9. The van der Waals surface area contributed by atoms with Gasteiger partial charge >= 0.3 is 11.8 Å². The van der Waals surface area contributed by atoms with E-state index < -0.39 is 17.6 Å². The lowest BCUT2D eigenvalue weighted by atomic mass is 10.3. The van der Waals surface area contributed by atoms with Crippen LogP contribution in [-0.2, 0) is 9.59 Å². The van der Waals surface area contributed by atoms with Gasteiger partial charge in [-0.05, 0) is 42.5 Å². The van der Waals surface area contributed by atoms with E-state index in [9.17, 15) is 14.0 Å². The second kappa shape index (κ2) is 5.83. The van der Waals surface area contributed by atoms with Crippen molar-refractivity contribution in [1.82, 2.24) is 0 Å². The highest BCUT2D eigenvalue weighted by Gasteiger charge is 2.14. The van der Waals surface area contributed by atoms with Gasteiger partial charge in [0.2, 0.25) is 0 Å². The van der Waals surface area contributed by atoms with Gasteiger partial charge in [0.25, 0.3) is 0 Å². The van der Waals surface area contributed by atoms with Gasteiger partial charge in [-0.2, -0.15) is 0 Å². The van der Waals surface area contributed by atoms with Crippen molar-refractivity contribution in [2.45, 2.75) is 0 Å². The molecule has 0 aromatic heterocycles. The van der Waals surface area contributed by atoms with E-state index in [2.05, 4.69) is 10.6 Å². The molecule has 2 aromatic carbocycles. The summed E-state index contributed by atoms with van der Waals surface area (Å²) in [5.74, 6) is -2.27. The van der Waals surface area contributed by atoms with Gasteiger partial charge in [-0.25, -0.2) is 4.39 Å². The Morgan fingerprint density at radius 2 is 1.50 bits per heavy atom. The molecule has 0 aliphatic carbocycles. The standard InChI is InChI=1S/C14H11FN2O3/c15-9-2-1-3-11(8-9)17-14(20)13(19)16-10-4-6-12(18)7-5-10/h1-8,18H,(H,16,19)(H,17,20). The fourth-order valence-corrected chi connectivity index (χ4v) is 1.49.